The summed E-state index contributed by atoms with van der Waals surface area (Å²) < 4.78 is 0. The topological polar surface area (TPSA) is 77.8 Å². The van der Waals surface area contributed by atoms with E-state index >= 15 is 0 Å². The Hall–Kier alpha value is -0.870. The number of carbonyl (C=O) groups is 1. The highest BCUT2D eigenvalue weighted by molar-refractivity contribution is 5.66. The summed E-state index contributed by atoms with van der Waals surface area (Å²) >= 11 is 0. The number of unbranched alkanes of at least 4 members (excludes halogenated alkanes) is 11. The molecule has 1 unspecified atom stereocenters. The minimum atomic E-state index is -0.664. The van der Waals surface area contributed by atoms with E-state index in [-0.39, 0.29) is 12.7 Å². The highest BCUT2D eigenvalue weighted by Crippen LogP contribution is 2.09. The van der Waals surface area contributed by atoms with Gasteiger partial charge in [0, 0.05) is 13.0 Å². The van der Waals surface area contributed by atoms with Crippen molar-refractivity contribution < 1.29 is 20.1 Å². The van der Waals surface area contributed by atoms with Crippen molar-refractivity contribution in [3.8, 4) is 0 Å². The van der Waals surface area contributed by atoms with Crippen LogP contribution in [0.5, 0.6) is 0 Å². The molecule has 168 valence electrons. The van der Waals surface area contributed by atoms with Gasteiger partial charge in [-0.05, 0) is 51.4 Å². The number of allylic oxidation sites excluding steroid dienone is 2. The van der Waals surface area contributed by atoms with Crippen molar-refractivity contribution >= 4 is 5.97 Å². The lowest BCUT2D eigenvalue weighted by Crippen LogP contribution is -2.04. The van der Waals surface area contributed by atoms with Gasteiger partial charge in [-0.2, -0.15) is 0 Å². The number of aliphatic hydroxyl groups excluding tert-OH is 2. The lowest BCUT2D eigenvalue weighted by molar-refractivity contribution is -0.137. The third kappa shape index (κ3) is 29.9. The lowest BCUT2D eigenvalue weighted by Gasteiger charge is -2.03. The maximum atomic E-state index is 10.3. The van der Waals surface area contributed by atoms with Crippen LogP contribution >= 0.6 is 0 Å². The summed E-state index contributed by atoms with van der Waals surface area (Å²) in [6.07, 6.45) is 23.3. The fraction of sp³-hybridized carbons (Fsp3) is 0.875. The van der Waals surface area contributed by atoms with Gasteiger partial charge in [0.05, 0.1) is 6.10 Å². The van der Waals surface area contributed by atoms with Gasteiger partial charge in [-0.15, -0.1) is 0 Å². The Morgan fingerprint density at radius 2 is 1.29 bits per heavy atom. The summed E-state index contributed by atoms with van der Waals surface area (Å²) in [6, 6.07) is 0. The molecule has 4 nitrogen and oxygen atoms in total. The van der Waals surface area contributed by atoms with Crippen LogP contribution in [0.25, 0.3) is 0 Å². The number of hydrogen-bond donors (Lipinski definition) is 3. The Morgan fingerprint density at radius 3 is 1.75 bits per heavy atom. The van der Waals surface area contributed by atoms with Gasteiger partial charge < -0.3 is 15.3 Å². The molecule has 1 atom stereocenters. The second-order valence-electron chi connectivity index (χ2n) is 7.66. The van der Waals surface area contributed by atoms with Crippen LogP contribution in [0.1, 0.15) is 123 Å². The molecule has 0 bridgehead atoms. The highest BCUT2D eigenvalue weighted by Gasteiger charge is 1.97. The Bertz CT molecular complexity index is 329. The smallest absolute Gasteiger partial charge is 0.303 e. The summed E-state index contributed by atoms with van der Waals surface area (Å²) in [5.74, 6) is -0.664. The van der Waals surface area contributed by atoms with Crippen molar-refractivity contribution in [2.75, 3.05) is 6.61 Å². The van der Waals surface area contributed by atoms with Crippen molar-refractivity contribution in [2.24, 2.45) is 0 Å². The number of rotatable bonds is 19. The fourth-order valence-corrected chi connectivity index (χ4v) is 2.88. The molecule has 0 saturated heterocycles. The SMILES string of the molecule is CCC(O)CCCO.CCCCCCCCC=CCCCCCCCC(=O)O. The van der Waals surface area contributed by atoms with Gasteiger partial charge in [0.15, 0.2) is 0 Å². The van der Waals surface area contributed by atoms with Gasteiger partial charge in [0.25, 0.3) is 0 Å². The summed E-state index contributed by atoms with van der Waals surface area (Å²) in [5, 5.41) is 25.7. The minimum Gasteiger partial charge on any atom is -0.481 e. The average Bonchev–Trinajstić information content (AvgIpc) is 2.69. The molecule has 0 aromatic rings. The standard InChI is InChI=1S/C18H34O2.C6H14O2/c1-2-3-4-5-6-7-8-9-10-11-12-13-14-15-16-17-18(19)20;1-2-6(8)4-3-5-7/h9-10H,2-8,11-17H2,1H3,(H,19,20);6-8H,2-5H2,1H3. The van der Waals surface area contributed by atoms with Crippen LogP contribution in [0.4, 0.5) is 0 Å². The van der Waals surface area contributed by atoms with Crippen molar-refractivity contribution in [2.45, 2.75) is 129 Å². The Balaban J connectivity index is 0. The zero-order valence-electron chi connectivity index (χ0n) is 18.7. The molecule has 0 saturated carbocycles. The third-order valence-corrected chi connectivity index (χ3v) is 4.82. The monoisotopic (exact) mass is 400 g/mol. The van der Waals surface area contributed by atoms with Crippen molar-refractivity contribution in [1.82, 2.24) is 0 Å². The molecule has 28 heavy (non-hydrogen) atoms. The van der Waals surface area contributed by atoms with Crippen LogP contribution in [0.3, 0.4) is 0 Å². The second-order valence-corrected chi connectivity index (χ2v) is 7.66. The van der Waals surface area contributed by atoms with Crippen molar-refractivity contribution in [3.05, 3.63) is 12.2 Å². The number of aliphatic hydroxyl groups is 2. The van der Waals surface area contributed by atoms with E-state index in [1.807, 2.05) is 6.92 Å². The van der Waals surface area contributed by atoms with Crippen LogP contribution in [0.15, 0.2) is 12.2 Å². The molecular weight excluding hydrogens is 352 g/mol. The molecule has 0 fully saturated rings. The maximum absolute atomic E-state index is 10.3. The van der Waals surface area contributed by atoms with E-state index < -0.39 is 5.97 Å². The number of hydrogen-bond acceptors (Lipinski definition) is 3. The van der Waals surface area contributed by atoms with E-state index in [0.29, 0.717) is 6.42 Å². The molecule has 0 heterocycles. The van der Waals surface area contributed by atoms with Gasteiger partial charge in [-0.25, -0.2) is 0 Å². The summed E-state index contributed by atoms with van der Waals surface area (Å²) in [4.78, 5) is 10.3. The summed E-state index contributed by atoms with van der Waals surface area (Å²) in [7, 11) is 0. The van der Waals surface area contributed by atoms with Crippen LogP contribution in [-0.2, 0) is 4.79 Å². The second kappa shape index (κ2) is 26.1. The zero-order valence-corrected chi connectivity index (χ0v) is 18.7. The van der Waals surface area contributed by atoms with E-state index in [1.54, 1.807) is 0 Å². The van der Waals surface area contributed by atoms with Gasteiger partial charge in [-0.3, -0.25) is 4.79 Å². The van der Waals surface area contributed by atoms with Gasteiger partial charge in [0.1, 0.15) is 0 Å². The number of carboxylic acid groups (broad SMARTS) is 1. The summed E-state index contributed by atoms with van der Waals surface area (Å²) in [5.41, 5.74) is 0. The molecule has 4 heteroatoms. The molecule has 0 aromatic heterocycles. The predicted octanol–water partition coefficient (Wildman–Crippen LogP) is 6.64. The molecule has 0 aromatic carbocycles. The number of carboxylic acids is 1. The Kier molecular flexibility index (Phi) is 27.4. The average molecular weight is 401 g/mol. The lowest BCUT2D eigenvalue weighted by atomic mass is 10.1. The van der Waals surface area contributed by atoms with Gasteiger partial charge in [0.2, 0.25) is 0 Å². The molecule has 3 N–H and O–H groups in total. The van der Waals surface area contributed by atoms with Crippen molar-refractivity contribution in [3.63, 3.8) is 0 Å². The van der Waals surface area contributed by atoms with Gasteiger partial charge >= 0.3 is 5.97 Å². The molecule has 0 aliphatic rings. The first-order valence-electron chi connectivity index (χ1n) is 11.7. The quantitative estimate of drug-likeness (QED) is 0.168. The minimum absolute atomic E-state index is 0.192. The van der Waals surface area contributed by atoms with Crippen LogP contribution in [-0.4, -0.2) is 34.0 Å². The fourth-order valence-electron chi connectivity index (χ4n) is 2.88. The first-order valence-corrected chi connectivity index (χ1v) is 11.7. The highest BCUT2D eigenvalue weighted by atomic mass is 16.4. The maximum Gasteiger partial charge on any atom is 0.303 e. The van der Waals surface area contributed by atoms with E-state index in [2.05, 4.69) is 19.1 Å². The van der Waals surface area contributed by atoms with E-state index in [0.717, 1.165) is 32.1 Å². The molecule has 0 aliphatic heterocycles. The first kappa shape index (κ1) is 29.3. The first-order chi connectivity index (χ1) is 13.6. The molecule has 0 rings (SSSR count). The van der Waals surface area contributed by atoms with Crippen LogP contribution in [0, 0.1) is 0 Å². The molecule has 0 spiro atoms. The largest absolute Gasteiger partial charge is 0.481 e. The molecule has 0 radical (unpaired) electrons. The normalized spacial score (nSPS) is 12.0. The number of aliphatic carboxylic acids is 1. The van der Waals surface area contributed by atoms with E-state index in [9.17, 15) is 4.79 Å². The Morgan fingerprint density at radius 1 is 0.786 bits per heavy atom. The van der Waals surface area contributed by atoms with Crippen LogP contribution in [0.2, 0.25) is 0 Å². The van der Waals surface area contributed by atoms with Gasteiger partial charge in [-0.1, -0.05) is 77.4 Å². The molecular formula is C24H48O4. The van der Waals surface area contributed by atoms with E-state index in [1.165, 1.54) is 70.6 Å². The molecule has 0 amide bonds. The van der Waals surface area contributed by atoms with Crippen molar-refractivity contribution in [1.29, 1.82) is 0 Å². The zero-order chi connectivity index (χ0) is 21.3. The Labute approximate surface area is 174 Å². The third-order valence-electron chi connectivity index (χ3n) is 4.82. The molecule has 0 aliphatic carbocycles. The predicted molar refractivity (Wildman–Crippen MR) is 120 cm³/mol. The summed E-state index contributed by atoms with van der Waals surface area (Å²) in [6.45, 7) is 4.38. The van der Waals surface area contributed by atoms with Crippen LogP contribution < -0.4 is 0 Å². The van der Waals surface area contributed by atoms with E-state index in [4.69, 9.17) is 15.3 Å².